The van der Waals surface area contributed by atoms with Crippen LogP contribution < -0.4 is 5.32 Å². The zero-order chi connectivity index (χ0) is 12.4. The fourth-order valence-electron chi connectivity index (χ4n) is 2.32. The van der Waals surface area contributed by atoms with Crippen molar-refractivity contribution in [3.8, 4) is 0 Å². The first-order valence-electron chi connectivity index (χ1n) is 5.90. The van der Waals surface area contributed by atoms with Gasteiger partial charge in [0.05, 0.1) is 0 Å². The van der Waals surface area contributed by atoms with Gasteiger partial charge in [0.25, 0.3) is 0 Å². The molecule has 2 heterocycles. The molecule has 0 radical (unpaired) electrons. The molecule has 0 saturated heterocycles. The van der Waals surface area contributed by atoms with Crippen LogP contribution in [0.15, 0.2) is 12.1 Å². The predicted octanol–water partition coefficient (Wildman–Crippen LogP) is 0.782. The zero-order valence-electron chi connectivity index (χ0n) is 10.3. The SMILES string of the molecule is CN(C)CCC1NCCn2c(C(=O)O)ccc21. The highest BCUT2D eigenvalue weighted by Gasteiger charge is 2.23. The Morgan fingerprint density at radius 3 is 3.00 bits per heavy atom. The van der Waals surface area contributed by atoms with Gasteiger partial charge in [-0.3, -0.25) is 0 Å². The lowest BCUT2D eigenvalue weighted by Crippen LogP contribution is -2.35. The molecule has 17 heavy (non-hydrogen) atoms. The molecule has 0 aliphatic carbocycles. The number of carboxylic acids is 1. The second-order valence-electron chi connectivity index (χ2n) is 4.70. The van der Waals surface area contributed by atoms with E-state index in [-0.39, 0.29) is 6.04 Å². The molecule has 1 aromatic rings. The van der Waals surface area contributed by atoms with Crippen LogP contribution >= 0.6 is 0 Å². The Kier molecular flexibility index (Phi) is 3.49. The van der Waals surface area contributed by atoms with Crippen molar-refractivity contribution in [3.05, 3.63) is 23.5 Å². The summed E-state index contributed by atoms with van der Waals surface area (Å²) in [4.78, 5) is 13.2. The van der Waals surface area contributed by atoms with Gasteiger partial charge in [0, 0.05) is 24.8 Å². The maximum atomic E-state index is 11.1. The van der Waals surface area contributed by atoms with Gasteiger partial charge in [-0.2, -0.15) is 0 Å². The van der Waals surface area contributed by atoms with Gasteiger partial charge in [-0.1, -0.05) is 0 Å². The number of fused-ring (bicyclic) bond motifs is 1. The number of carboxylic acid groups (broad SMARTS) is 1. The number of rotatable bonds is 4. The van der Waals surface area contributed by atoms with Gasteiger partial charge >= 0.3 is 5.97 Å². The van der Waals surface area contributed by atoms with Crippen LogP contribution in [-0.2, 0) is 6.54 Å². The van der Waals surface area contributed by atoms with E-state index >= 15 is 0 Å². The molecule has 1 atom stereocenters. The Bertz CT molecular complexity index is 412. The molecule has 1 unspecified atom stereocenters. The molecule has 5 nitrogen and oxygen atoms in total. The zero-order valence-corrected chi connectivity index (χ0v) is 10.3. The van der Waals surface area contributed by atoms with Gasteiger partial charge in [0.1, 0.15) is 5.69 Å². The minimum atomic E-state index is -0.843. The Balaban J connectivity index is 2.18. The van der Waals surface area contributed by atoms with E-state index in [1.807, 2.05) is 24.7 Å². The molecule has 0 saturated carbocycles. The van der Waals surface area contributed by atoms with Crippen LogP contribution in [0.3, 0.4) is 0 Å². The summed E-state index contributed by atoms with van der Waals surface area (Å²) >= 11 is 0. The van der Waals surface area contributed by atoms with E-state index in [4.69, 9.17) is 5.11 Å². The van der Waals surface area contributed by atoms with Crippen molar-refractivity contribution in [3.63, 3.8) is 0 Å². The third-order valence-electron chi connectivity index (χ3n) is 3.18. The molecule has 0 bridgehead atoms. The highest BCUT2D eigenvalue weighted by Crippen LogP contribution is 2.23. The van der Waals surface area contributed by atoms with Crippen LogP contribution in [-0.4, -0.2) is 47.7 Å². The maximum Gasteiger partial charge on any atom is 0.352 e. The van der Waals surface area contributed by atoms with Crippen LogP contribution in [0.2, 0.25) is 0 Å². The third-order valence-corrected chi connectivity index (χ3v) is 3.18. The van der Waals surface area contributed by atoms with Crippen LogP contribution in [0.5, 0.6) is 0 Å². The maximum absolute atomic E-state index is 11.1. The minimum absolute atomic E-state index is 0.263. The van der Waals surface area contributed by atoms with Crippen LogP contribution in [0.25, 0.3) is 0 Å². The van der Waals surface area contributed by atoms with Crippen LogP contribution in [0, 0.1) is 0 Å². The molecule has 5 heteroatoms. The van der Waals surface area contributed by atoms with Gasteiger partial charge in [0.15, 0.2) is 0 Å². The van der Waals surface area contributed by atoms with E-state index in [1.54, 1.807) is 6.07 Å². The van der Waals surface area contributed by atoms with Crippen molar-refractivity contribution >= 4 is 5.97 Å². The molecule has 1 aliphatic rings. The van der Waals surface area contributed by atoms with Crippen molar-refractivity contribution in [2.75, 3.05) is 27.2 Å². The summed E-state index contributed by atoms with van der Waals surface area (Å²) in [6.45, 7) is 2.56. The normalized spacial score (nSPS) is 19.4. The van der Waals surface area contributed by atoms with Crippen molar-refractivity contribution in [1.29, 1.82) is 0 Å². The molecule has 0 spiro atoms. The Labute approximate surface area is 101 Å². The van der Waals surface area contributed by atoms with Crippen molar-refractivity contribution in [2.45, 2.75) is 19.0 Å². The minimum Gasteiger partial charge on any atom is -0.477 e. The predicted molar refractivity (Wildman–Crippen MR) is 65.3 cm³/mol. The van der Waals surface area contributed by atoms with E-state index in [9.17, 15) is 4.79 Å². The van der Waals surface area contributed by atoms with E-state index in [2.05, 4.69) is 10.2 Å². The van der Waals surface area contributed by atoms with Crippen LogP contribution in [0.1, 0.15) is 28.6 Å². The Hall–Kier alpha value is -1.33. The summed E-state index contributed by atoms with van der Waals surface area (Å²) in [6.07, 6.45) is 0.996. The van der Waals surface area contributed by atoms with E-state index in [1.165, 1.54) is 0 Å². The average Bonchev–Trinajstić information content (AvgIpc) is 2.70. The van der Waals surface area contributed by atoms with Crippen molar-refractivity contribution in [2.24, 2.45) is 0 Å². The van der Waals surface area contributed by atoms with Gasteiger partial charge in [-0.15, -0.1) is 0 Å². The summed E-state index contributed by atoms with van der Waals surface area (Å²) in [6, 6.07) is 3.89. The second-order valence-corrected chi connectivity index (χ2v) is 4.70. The molecule has 0 aromatic carbocycles. The third kappa shape index (κ3) is 2.50. The summed E-state index contributed by atoms with van der Waals surface area (Å²) in [5.41, 5.74) is 1.49. The van der Waals surface area contributed by atoms with E-state index in [0.29, 0.717) is 5.69 Å². The van der Waals surface area contributed by atoms with Crippen LogP contribution in [0.4, 0.5) is 0 Å². The van der Waals surface area contributed by atoms with E-state index < -0.39 is 5.97 Å². The molecule has 94 valence electrons. The van der Waals surface area contributed by atoms with Gasteiger partial charge < -0.3 is 19.9 Å². The number of nitrogens with zero attached hydrogens (tertiary/aromatic N) is 2. The fraction of sp³-hybridized carbons (Fsp3) is 0.583. The van der Waals surface area contributed by atoms with Crippen molar-refractivity contribution < 1.29 is 9.90 Å². The second kappa shape index (κ2) is 4.89. The highest BCUT2D eigenvalue weighted by atomic mass is 16.4. The Morgan fingerprint density at radius 2 is 2.35 bits per heavy atom. The lowest BCUT2D eigenvalue weighted by Gasteiger charge is -2.28. The fourth-order valence-corrected chi connectivity index (χ4v) is 2.32. The summed E-state index contributed by atoms with van der Waals surface area (Å²) in [5.74, 6) is -0.843. The molecule has 1 aliphatic heterocycles. The molecular formula is C12H19N3O2. The smallest absolute Gasteiger partial charge is 0.352 e. The lowest BCUT2D eigenvalue weighted by molar-refractivity contribution is 0.0683. The molecule has 1 aromatic heterocycles. The average molecular weight is 237 g/mol. The molecule has 2 N–H and O–H groups in total. The topological polar surface area (TPSA) is 57.5 Å². The molecule has 0 amide bonds. The van der Waals surface area contributed by atoms with Gasteiger partial charge in [-0.25, -0.2) is 4.79 Å². The standard InChI is InChI=1S/C12H19N3O2/c1-14(2)7-5-9-10-3-4-11(12(16)17)15(10)8-6-13-9/h3-4,9,13H,5-8H2,1-2H3,(H,16,17). The van der Waals surface area contributed by atoms with Gasteiger partial charge in [0.2, 0.25) is 0 Å². The summed E-state index contributed by atoms with van der Waals surface area (Å²) in [5, 5.41) is 12.5. The number of aromatic carboxylic acids is 1. The first-order valence-corrected chi connectivity index (χ1v) is 5.90. The van der Waals surface area contributed by atoms with E-state index in [0.717, 1.165) is 31.7 Å². The number of hydrogen-bond donors (Lipinski definition) is 2. The summed E-state index contributed by atoms with van der Waals surface area (Å²) in [7, 11) is 4.09. The monoisotopic (exact) mass is 237 g/mol. The first kappa shape index (κ1) is 12.1. The number of carbonyl (C=O) groups is 1. The largest absolute Gasteiger partial charge is 0.477 e. The lowest BCUT2D eigenvalue weighted by atomic mass is 10.1. The van der Waals surface area contributed by atoms with Crippen molar-refractivity contribution in [1.82, 2.24) is 14.8 Å². The number of nitrogens with one attached hydrogen (secondary N) is 1. The molecule has 2 rings (SSSR count). The first-order chi connectivity index (χ1) is 8.09. The number of aromatic nitrogens is 1. The quantitative estimate of drug-likeness (QED) is 0.812. The van der Waals surface area contributed by atoms with Gasteiger partial charge in [-0.05, 0) is 39.2 Å². The number of hydrogen-bond acceptors (Lipinski definition) is 3. The Morgan fingerprint density at radius 1 is 1.59 bits per heavy atom. The highest BCUT2D eigenvalue weighted by molar-refractivity contribution is 5.86. The molecular weight excluding hydrogens is 218 g/mol. The molecule has 0 fully saturated rings. The summed E-state index contributed by atoms with van der Waals surface area (Å²) < 4.78 is 1.92.